The summed E-state index contributed by atoms with van der Waals surface area (Å²) in [4.78, 5) is 0. The lowest BCUT2D eigenvalue weighted by Gasteiger charge is -2.10. The van der Waals surface area contributed by atoms with Crippen molar-refractivity contribution in [1.29, 1.82) is 0 Å². The summed E-state index contributed by atoms with van der Waals surface area (Å²) in [5, 5.41) is 14.3. The maximum Gasteiger partial charge on any atom is 0.299 e. The van der Waals surface area contributed by atoms with E-state index in [9.17, 15) is 8.78 Å². The predicted molar refractivity (Wildman–Crippen MR) is 90.4 cm³/mol. The molecule has 0 fully saturated rings. The second-order valence-corrected chi connectivity index (χ2v) is 6.03. The highest BCUT2D eigenvalue weighted by atomic mass is 19.3. The molecule has 3 aromatic rings. The molecule has 2 heterocycles. The number of hydrogen-bond acceptors (Lipinski definition) is 5. The normalized spacial score (nSPS) is 11.4. The van der Waals surface area contributed by atoms with Crippen molar-refractivity contribution in [2.24, 2.45) is 5.92 Å². The van der Waals surface area contributed by atoms with Crippen molar-refractivity contribution in [1.82, 2.24) is 19.8 Å². The summed E-state index contributed by atoms with van der Waals surface area (Å²) < 4.78 is 32.5. The number of rotatable bonds is 7. The molecule has 0 aliphatic rings. The third-order valence-corrected chi connectivity index (χ3v) is 3.57. The van der Waals surface area contributed by atoms with Crippen LogP contribution in [0.15, 0.2) is 36.4 Å². The quantitative estimate of drug-likeness (QED) is 0.693. The number of nitrogens with zero attached hydrogens (tertiary/aromatic N) is 4. The number of nitrogens with one attached hydrogen (secondary N) is 1. The molecule has 2 aromatic heterocycles. The fourth-order valence-electron chi connectivity index (χ4n) is 2.20. The Bertz CT molecular complexity index is 833. The van der Waals surface area contributed by atoms with E-state index in [1.807, 2.05) is 24.3 Å². The van der Waals surface area contributed by atoms with Crippen molar-refractivity contribution < 1.29 is 13.5 Å². The summed E-state index contributed by atoms with van der Waals surface area (Å²) in [5.74, 6) is 1.32. The molecule has 1 aromatic carbocycles. The number of aromatic nitrogens is 4. The number of anilines is 2. The lowest BCUT2D eigenvalue weighted by atomic mass is 10.1. The van der Waals surface area contributed by atoms with Crippen LogP contribution in [0.25, 0.3) is 5.65 Å². The van der Waals surface area contributed by atoms with Gasteiger partial charge in [-0.15, -0.1) is 15.3 Å². The second-order valence-electron chi connectivity index (χ2n) is 6.03. The first-order valence-electron chi connectivity index (χ1n) is 8.03. The topological polar surface area (TPSA) is 64.3 Å². The predicted octanol–water partition coefficient (Wildman–Crippen LogP) is 4.23. The van der Waals surface area contributed by atoms with Gasteiger partial charge in [0.15, 0.2) is 11.5 Å². The van der Waals surface area contributed by atoms with Gasteiger partial charge in [0.05, 0.1) is 6.61 Å². The summed E-state index contributed by atoms with van der Waals surface area (Å²) in [5.41, 5.74) is 1.05. The second kappa shape index (κ2) is 7.42. The van der Waals surface area contributed by atoms with Gasteiger partial charge in [0.1, 0.15) is 5.75 Å². The van der Waals surface area contributed by atoms with Gasteiger partial charge in [-0.1, -0.05) is 13.8 Å². The van der Waals surface area contributed by atoms with Crippen LogP contribution in [0.3, 0.4) is 0 Å². The molecule has 0 amide bonds. The van der Waals surface area contributed by atoms with E-state index in [4.69, 9.17) is 4.74 Å². The monoisotopic (exact) mass is 347 g/mol. The van der Waals surface area contributed by atoms with Crippen LogP contribution in [0.1, 0.15) is 32.5 Å². The molecule has 0 radical (unpaired) electrons. The van der Waals surface area contributed by atoms with Gasteiger partial charge in [0, 0.05) is 5.69 Å². The molecule has 0 atom stereocenters. The molecule has 25 heavy (non-hydrogen) atoms. The Morgan fingerprint density at radius 2 is 1.84 bits per heavy atom. The molecule has 0 saturated carbocycles. The third kappa shape index (κ3) is 4.20. The van der Waals surface area contributed by atoms with E-state index in [0.29, 0.717) is 18.3 Å². The van der Waals surface area contributed by atoms with Crippen LogP contribution in [0, 0.1) is 5.92 Å². The highest BCUT2D eigenvalue weighted by Crippen LogP contribution is 2.21. The van der Waals surface area contributed by atoms with Crippen molar-refractivity contribution in [3.8, 4) is 5.75 Å². The molecule has 0 bridgehead atoms. The van der Waals surface area contributed by atoms with E-state index < -0.39 is 12.2 Å². The first-order chi connectivity index (χ1) is 12.0. The van der Waals surface area contributed by atoms with Crippen molar-refractivity contribution >= 4 is 17.2 Å². The minimum Gasteiger partial charge on any atom is -0.494 e. The van der Waals surface area contributed by atoms with E-state index in [1.165, 1.54) is 0 Å². The maximum atomic E-state index is 12.9. The van der Waals surface area contributed by atoms with E-state index in [0.717, 1.165) is 22.4 Å². The Morgan fingerprint density at radius 3 is 2.52 bits per heavy atom. The fourth-order valence-corrected chi connectivity index (χ4v) is 2.20. The summed E-state index contributed by atoms with van der Waals surface area (Å²) in [6.07, 6.45) is -1.74. The van der Waals surface area contributed by atoms with Crippen molar-refractivity contribution in [3.63, 3.8) is 0 Å². The highest BCUT2D eigenvalue weighted by molar-refractivity contribution is 5.58. The van der Waals surface area contributed by atoms with Gasteiger partial charge < -0.3 is 10.1 Å². The Balaban J connectivity index is 1.69. The van der Waals surface area contributed by atoms with E-state index in [2.05, 4.69) is 34.5 Å². The van der Waals surface area contributed by atoms with Crippen LogP contribution in [0.4, 0.5) is 20.3 Å². The minimum absolute atomic E-state index is 0.273. The zero-order valence-corrected chi connectivity index (χ0v) is 14.0. The third-order valence-electron chi connectivity index (χ3n) is 3.57. The smallest absolute Gasteiger partial charge is 0.299 e. The molecule has 3 rings (SSSR count). The lowest BCUT2D eigenvalue weighted by molar-refractivity contribution is 0.137. The van der Waals surface area contributed by atoms with Gasteiger partial charge in [0.25, 0.3) is 6.43 Å². The summed E-state index contributed by atoms with van der Waals surface area (Å²) in [6.45, 7) is 4.97. The van der Waals surface area contributed by atoms with Gasteiger partial charge in [-0.3, -0.25) is 0 Å². The molecule has 1 N–H and O–H groups in total. The Morgan fingerprint density at radius 1 is 1.08 bits per heavy atom. The first-order valence-corrected chi connectivity index (χ1v) is 8.03. The maximum absolute atomic E-state index is 12.9. The van der Waals surface area contributed by atoms with E-state index >= 15 is 0 Å². The Hall–Kier alpha value is -2.77. The molecular formula is C17H19F2N5O. The molecule has 0 aliphatic heterocycles. The van der Waals surface area contributed by atoms with Gasteiger partial charge in [0.2, 0.25) is 5.82 Å². The van der Waals surface area contributed by atoms with E-state index in [1.54, 1.807) is 12.1 Å². The van der Waals surface area contributed by atoms with E-state index in [-0.39, 0.29) is 5.65 Å². The molecule has 0 aliphatic carbocycles. The summed E-state index contributed by atoms with van der Waals surface area (Å²) in [7, 11) is 0. The zero-order chi connectivity index (χ0) is 17.8. The van der Waals surface area contributed by atoms with Crippen LogP contribution < -0.4 is 10.1 Å². The van der Waals surface area contributed by atoms with Gasteiger partial charge in [-0.2, -0.15) is 4.52 Å². The van der Waals surface area contributed by atoms with Gasteiger partial charge >= 0.3 is 0 Å². The number of hydrogen-bond donors (Lipinski definition) is 1. The van der Waals surface area contributed by atoms with Gasteiger partial charge in [-0.05, 0) is 48.7 Å². The number of alkyl halides is 2. The number of ether oxygens (including phenoxy) is 1. The molecule has 0 spiro atoms. The largest absolute Gasteiger partial charge is 0.494 e. The van der Waals surface area contributed by atoms with Crippen LogP contribution in [0.2, 0.25) is 0 Å². The number of halogens is 2. The summed E-state index contributed by atoms with van der Waals surface area (Å²) >= 11 is 0. The minimum atomic E-state index is -2.74. The number of benzene rings is 1. The van der Waals surface area contributed by atoms with Gasteiger partial charge in [-0.25, -0.2) is 8.78 Å². The SMILES string of the molecule is CC(C)CCOc1ccc(Nc2ccc3nnc(C(F)F)n3n2)cc1. The molecule has 0 unspecified atom stereocenters. The average Bonchev–Trinajstić information content (AvgIpc) is 2.99. The standard InChI is InChI=1S/C17H19F2N5O/c1-11(2)9-10-25-13-5-3-12(4-6-13)20-14-7-8-15-21-22-17(16(18)19)24(15)23-14/h3-8,11,16H,9-10H2,1-2H3,(H,20,23). The van der Waals surface area contributed by atoms with Crippen molar-refractivity contribution in [2.45, 2.75) is 26.7 Å². The molecule has 6 nitrogen and oxygen atoms in total. The first kappa shape index (κ1) is 17.1. The van der Waals surface area contributed by atoms with Crippen molar-refractivity contribution in [3.05, 3.63) is 42.2 Å². The van der Waals surface area contributed by atoms with Crippen LogP contribution in [-0.4, -0.2) is 26.4 Å². The average molecular weight is 347 g/mol. The van der Waals surface area contributed by atoms with Crippen molar-refractivity contribution in [2.75, 3.05) is 11.9 Å². The highest BCUT2D eigenvalue weighted by Gasteiger charge is 2.17. The molecule has 0 saturated heterocycles. The lowest BCUT2D eigenvalue weighted by Crippen LogP contribution is -2.03. The zero-order valence-electron chi connectivity index (χ0n) is 14.0. The van der Waals surface area contributed by atoms with Crippen LogP contribution in [-0.2, 0) is 0 Å². The van der Waals surface area contributed by atoms with Crippen LogP contribution in [0.5, 0.6) is 5.75 Å². The van der Waals surface area contributed by atoms with Crippen LogP contribution >= 0.6 is 0 Å². The Labute approximate surface area is 143 Å². The molecule has 8 heteroatoms. The Kier molecular flexibility index (Phi) is 5.06. The fraction of sp³-hybridized carbons (Fsp3) is 0.353. The molecule has 132 valence electrons. The summed E-state index contributed by atoms with van der Waals surface area (Å²) in [6, 6.07) is 10.6. The number of fused-ring (bicyclic) bond motifs is 1. The molecular weight excluding hydrogens is 328 g/mol.